The molecule has 0 aromatic heterocycles. The van der Waals surface area contributed by atoms with Crippen LogP contribution in [0.3, 0.4) is 0 Å². The predicted molar refractivity (Wildman–Crippen MR) is 89.3 cm³/mol. The van der Waals surface area contributed by atoms with Crippen LogP contribution in [0.4, 0.5) is 0 Å². The maximum absolute atomic E-state index is 13.2. The highest BCUT2D eigenvalue weighted by Crippen LogP contribution is 2.36. The van der Waals surface area contributed by atoms with Crippen LogP contribution in [0.15, 0.2) is 30.3 Å². The summed E-state index contributed by atoms with van der Waals surface area (Å²) < 4.78 is 5.54. The van der Waals surface area contributed by atoms with E-state index in [1.54, 1.807) is 0 Å². The summed E-state index contributed by atoms with van der Waals surface area (Å²) in [5.41, 5.74) is 0.724. The zero-order valence-corrected chi connectivity index (χ0v) is 13.6. The summed E-state index contributed by atoms with van der Waals surface area (Å²) in [6.07, 6.45) is 6.22. The van der Waals surface area contributed by atoms with Crippen molar-refractivity contribution in [2.45, 2.75) is 62.1 Å². The van der Waals surface area contributed by atoms with E-state index in [1.165, 1.54) is 12.8 Å². The Morgan fingerprint density at radius 3 is 2.39 bits per heavy atom. The smallest absolute Gasteiger partial charge is 0.231 e. The Hall–Kier alpha value is -1.39. The highest BCUT2D eigenvalue weighted by atomic mass is 16.5. The van der Waals surface area contributed by atoms with E-state index in [1.807, 2.05) is 18.2 Å². The van der Waals surface area contributed by atoms with Crippen molar-refractivity contribution in [3.63, 3.8) is 0 Å². The summed E-state index contributed by atoms with van der Waals surface area (Å²) in [4.78, 5) is 13.2. The first kappa shape index (κ1) is 15.2. The molecule has 0 radical (unpaired) electrons. The molecule has 0 spiro atoms. The SMILES string of the molecule is O=C(NC1CC2CCC(C1)N2)C1(c2ccccc2)CCOCC1. The van der Waals surface area contributed by atoms with Gasteiger partial charge in [0.2, 0.25) is 5.91 Å². The quantitative estimate of drug-likeness (QED) is 0.899. The van der Waals surface area contributed by atoms with Gasteiger partial charge in [-0.1, -0.05) is 30.3 Å². The van der Waals surface area contributed by atoms with E-state index in [0.29, 0.717) is 31.3 Å². The first-order valence-corrected chi connectivity index (χ1v) is 8.96. The lowest BCUT2D eigenvalue weighted by Crippen LogP contribution is -2.54. The van der Waals surface area contributed by atoms with Crippen molar-refractivity contribution in [3.8, 4) is 0 Å². The number of amides is 1. The molecule has 0 saturated carbocycles. The van der Waals surface area contributed by atoms with Crippen molar-refractivity contribution in [2.24, 2.45) is 0 Å². The van der Waals surface area contributed by atoms with Crippen molar-refractivity contribution in [1.29, 1.82) is 0 Å². The van der Waals surface area contributed by atoms with E-state index in [-0.39, 0.29) is 5.91 Å². The third-order valence-electron chi connectivity index (χ3n) is 5.92. The highest BCUT2D eigenvalue weighted by molar-refractivity contribution is 5.88. The van der Waals surface area contributed by atoms with Crippen LogP contribution in [0, 0.1) is 0 Å². The number of carbonyl (C=O) groups is 1. The molecule has 3 aliphatic heterocycles. The molecule has 1 aromatic carbocycles. The maximum Gasteiger partial charge on any atom is 0.231 e. The molecule has 2 atom stereocenters. The van der Waals surface area contributed by atoms with Crippen LogP contribution in [0.5, 0.6) is 0 Å². The average Bonchev–Trinajstić information content (AvgIpc) is 2.95. The van der Waals surface area contributed by atoms with Crippen LogP contribution in [0.25, 0.3) is 0 Å². The molecule has 1 aromatic rings. The minimum Gasteiger partial charge on any atom is -0.381 e. The summed E-state index contributed by atoms with van der Waals surface area (Å²) in [5, 5.41) is 7.04. The molecule has 0 aliphatic carbocycles. The monoisotopic (exact) mass is 314 g/mol. The molecule has 2 bridgehead atoms. The Bertz CT molecular complexity index is 542. The zero-order valence-electron chi connectivity index (χ0n) is 13.6. The van der Waals surface area contributed by atoms with Gasteiger partial charge in [-0.2, -0.15) is 0 Å². The zero-order chi connectivity index (χ0) is 15.7. The van der Waals surface area contributed by atoms with E-state index in [0.717, 1.165) is 31.2 Å². The predicted octanol–water partition coefficient (Wildman–Crippen LogP) is 2.13. The lowest BCUT2D eigenvalue weighted by molar-refractivity contribution is -0.131. The van der Waals surface area contributed by atoms with Crippen LogP contribution in [-0.2, 0) is 14.9 Å². The number of nitrogens with one attached hydrogen (secondary N) is 2. The van der Waals surface area contributed by atoms with Gasteiger partial charge in [0.05, 0.1) is 5.41 Å². The summed E-state index contributed by atoms with van der Waals surface area (Å²) in [5.74, 6) is 0.207. The third-order valence-corrected chi connectivity index (χ3v) is 5.92. The largest absolute Gasteiger partial charge is 0.381 e. The number of fused-ring (bicyclic) bond motifs is 2. The van der Waals surface area contributed by atoms with E-state index in [4.69, 9.17) is 4.74 Å². The van der Waals surface area contributed by atoms with E-state index >= 15 is 0 Å². The van der Waals surface area contributed by atoms with Crippen LogP contribution in [0.2, 0.25) is 0 Å². The van der Waals surface area contributed by atoms with Crippen molar-refractivity contribution in [1.82, 2.24) is 10.6 Å². The fourth-order valence-electron chi connectivity index (χ4n) is 4.62. The molecule has 3 heterocycles. The van der Waals surface area contributed by atoms with Crippen molar-refractivity contribution < 1.29 is 9.53 Å². The van der Waals surface area contributed by atoms with E-state index < -0.39 is 5.41 Å². The van der Waals surface area contributed by atoms with Crippen molar-refractivity contribution >= 4 is 5.91 Å². The second-order valence-electron chi connectivity index (χ2n) is 7.34. The normalized spacial score (nSPS) is 32.4. The summed E-state index contributed by atoms with van der Waals surface area (Å²) in [7, 11) is 0. The van der Waals surface area contributed by atoms with Gasteiger partial charge >= 0.3 is 0 Å². The van der Waals surface area contributed by atoms with Crippen LogP contribution in [-0.4, -0.2) is 37.2 Å². The second-order valence-corrected chi connectivity index (χ2v) is 7.34. The first-order chi connectivity index (χ1) is 11.3. The molecule has 124 valence electrons. The molecule has 23 heavy (non-hydrogen) atoms. The molecule has 3 aliphatic rings. The van der Waals surface area contributed by atoms with Gasteiger partial charge in [-0.25, -0.2) is 0 Å². The van der Waals surface area contributed by atoms with Crippen LogP contribution in [0.1, 0.15) is 44.1 Å². The molecule has 1 amide bonds. The second kappa shape index (κ2) is 6.25. The van der Waals surface area contributed by atoms with Crippen LogP contribution >= 0.6 is 0 Å². The Morgan fingerprint density at radius 2 is 1.74 bits per heavy atom. The summed E-state index contributed by atoms with van der Waals surface area (Å²) in [6.45, 7) is 1.33. The third kappa shape index (κ3) is 2.90. The summed E-state index contributed by atoms with van der Waals surface area (Å²) in [6, 6.07) is 11.8. The van der Waals surface area contributed by atoms with Crippen molar-refractivity contribution in [2.75, 3.05) is 13.2 Å². The standard InChI is InChI=1S/C19H26N2O2/c22-18(21-17-12-15-6-7-16(13-17)20-15)19(8-10-23-11-9-19)14-4-2-1-3-5-14/h1-5,15-17,20H,6-13H2,(H,21,22). The topological polar surface area (TPSA) is 50.4 Å². The minimum atomic E-state index is -0.413. The van der Waals surface area contributed by atoms with E-state index in [9.17, 15) is 4.79 Å². The number of piperidine rings is 1. The molecule has 2 N–H and O–H groups in total. The van der Waals surface area contributed by atoms with Gasteiger partial charge in [-0.05, 0) is 44.1 Å². The number of benzene rings is 1. The highest BCUT2D eigenvalue weighted by Gasteiger charge is 2.43. The van der Waals surface area contributed by atoms with Gasteiger partial charge in [-0.3, -0.25) is 4.79 Å². The number of hydrogen-bond acceptors (Lipinski definition) is 3. The molecule has 3 saturated heterocycles. The van der Waals surface area contributed by atoms with Gasteiger partial charge in [-0.15, -0.1) is 0 Å². The Morgan fingerprint density at radius 1 is 1.09 bits per heavy atom. The molecule has 2 unspecified atom stereocenters. The van der Waals surface area contributed by atoms with Gasteiger partial charge in [0, 0.05) is 31.3 Å². The molecule has 4 rings (SSSR count). The fourth-order valence-corrected chi connectivity index (χ4v) is 4.62. The van der Waals surface area contributed by atoms with Gasteiger partial charge in [0.15, 0.2) is 0 Å². The number of hydrogen-bond donors (Lipinski definition) is 2. The van der Waals surface area contributed by atoms with Gasteiger partial charge < -0.3 is 15.4 Å². The van der Waals surface area contributed by atoms with Crippen LogP contribution < -0.4 is 10.6 Å². The Kier molecular flexibility index (Phi) is 4.12. The summed E-state index contributed by atoms with van der Waals surface area (Å²) >= 11 is 0. The fraction of sp³-hybridized carbons (Fsp3) is 0.632. The van der Waals surface area contributed by atoms with E-state index in [2.05, 4.69) is 22.8 Å². The molecule has 4 heteroatoms. The average molecular weight is 314 g/mol. The number of rotatable bonds is 3. The molecule has 3 fully saturated rings. The number of carbonyl (C=O) groups excluding carboxylic acids is 1. The molecular weight excluding hydrogens is 288 g/mol. The minimum absolute atomic E-state index is 0.207. The molecule has 4 nitrogen and oxygen atoms in total. The Balaban J connectivity index is 1.53. The lowest BCUT2D eigenvalue weighted by atomic mass is 9.73. The number of ether oxygens (including phenoxy) is 1. The maximum atomic E-state index is 13.2. The lowest BCUT2D eigenvalue weighted by Gasteiger charge is -2.39. The van der Waals surface area contributed by atoms with Gasteiger partial charge in [0.1, 0.15) is 0 Å². The Labute approximate surface area is 138 Å². The molecular formula is C19H26N2O2. The van der Waals surface area contributed by atoms with Crippen molar-refractivity contribution in [3.05, 3.63) is 35.9 Å². The van der Waals surface area contributed by atoms with Gasteiger partial charge in [0.25, 0.3) is 0 Å². The first-order valence-electron chi connectivity index (χ1n) is 8.96.